The van der Waals surface area contributed by atoms with E-state index in [2.05, 4.69) is 59.4 Å². The summed E-state index contributed by atoms with van der Waals surface area (Å²) in [6.45, 7) is 6.21. The van der Waals surface area contributed by atoms with E-state index >= 15 is 0 Å². The second-order valence-electron chi connectivity index (χ2n) is 12.5. The zero-order valence-electron chi connectivity index (χ0n) is 26.4. The number of para-hydroxylation sites is 2. The normalized spacial score (nSPS) is 16.5. The molecule has 2 aromatic heterocycles. The quantitative estimate of drug-likeness (QED) is 0.195. The maximum absolute atomic E-state index is 14.6. The Morgan fingerprint density at radius 3 is 1.53 bits per heavy atom. The Labute approximate surface area is 264 Å². The average Bonchev–Trinajstić information content (AvgIpc) is 3.58. The average molecular weight is 600 g/mol. The Hall–Kier alpha value is -4.42. The van der Waals surface area contributed by atoms with Crippen molar-refractivity contribution in [3.8, 4) is 0 Å². The van der Waals surface area contributed by atoms with Crippen LogP contribution in [-0.4, -0.2) is 32.6 Å². The molecule has 7 rings (SSSR count). The van der Waals surface area contributed by atoms with Crippen molar-refractivity contribution in [2.45, 2.75) is 78.5 Å². The Kier molecular flexibility index (Phi) is 8.16. The van der Waals surface area contributed by atoms with Crippen LogP contribution in [0.4, 0.5) is 0 Å². The molecule has 0 saturated carbocycles. The van der Waals surface area contributed by atoms with Gasteiger partial charge < -0.3 is 13.9 Å². The summed E-state index contributed by atoms with van der Waals surface area (Å²) >= 11 is 0. The molecule has 0 fully saturated rings. The van der Waals surface area contributed by atoms with Crippen molar-refractivity contribution < 1.29 is 14.3 Å². The molecule has 6 nitrogen and oxygen atoms in total. The highest BCUT2D eigenvalue weighted by molar-refractivity contribution is 6.51. The first-order chi connectivity index (χ1) is 22.1. The maximum atomic E-state index is 14.6. The monoisotopic (exact) mass is 599 g/mol. The van der Waals surface area contributed by atoms with Crippen LogP contribution in [0.3, 0.4) is 0 Å². The van der Waals surface area contributed by atoms with Gasteiger partial charge in [-0.05, 0) is 44.4 Å². The van der Waals surface area contributed by atoms with E-state index < -0.39 is 0 Å². The van der Waals surface area contributed by atoms with E-state index in [1.165, 1.54) is 37.0 Å². The highest BCUT2D eigenvalue weighted by atomic mass is 16.5. The molecule has 0 radical (unpaired) electrons. The van der Waals surface area contributed by atoms with Gasteiger partial charge in [0.15, 0.2) is 0 Å². The minimum absolute atomic E-state index is 0.102. The van der Waals surface area contributed by atoms with Gasteiger partial charge >= 0.3 is 0 Å². The van der Waals surface area contributed by atoms with Gasteiger partial charge in [0.2, 0.25) is 0 Å². The van der Waals surface area contributed by atoms with E-state index in [0.717, 1.165) is 75.8 Å². The molecule has 0 aliphatic carbocycles. The van der Waals surface area contributed by atoms with Crippen molar-refractivity contribution in [1.29, 1.82) is 0 Å². The van der Waals surface area contributed by atoms with Crippen LogP contribution in [0.1, 0.15) is 73.0 Å². The van der Waals surface area contributed by atoms with Crippen molar-refractivity contribution in [2.75, 3.05) is 6.73 Å². The number of fused-ring (bicyclic) bond motifs is 12. The van der Waals surface area contributed by atoms with Crippen molar-refractivity contribution in [3.63, 3.8) is 0 Å². The fraction of sp³-hybridized carbons (Fsp3) is 0.333. The summed E-state index contributed by atoms with van der Waals surface area (Å²) in [6, 6.07) is 26.5. The highest BCUT2D eigenvalue weighted by Crippen LogP contribution is 2.44. The third-order valence-corrected chi connectivity index (χ3v) is 9.73. The van der Waals surface area contributed by atoms with Gasteiger partial charge in [0.1, 0.15) is 6.73 Å². The molecule has 6 heteroatoms. The van der Waals surface area contributed by atoms with E-state index in [1.807, 2.05) is 42.5 Å². The molecule has 2 aliphatic heterocycles. The Balaban J connectivity index is 1.43. The van der Waals surface area contributed by atoms with Gasteiger partial charge in [-0.25, -0.2) is 4.90 Å². The summed E-state index contributed by atoms with van der Waals surface area (Å²) in [5.74, 6) is -0.577. The molecule has 0 spiro atoms. The largest absolute Gasteiger partial charge is 0.356 e. The molecule has 0 atom stereocenters. The summed E-state index contributed by atoms with van der Waals surface area (Å²) in [5, 5.41) is 2.02. The molecule has 230 valence electrons. The molecule has 0 N–H and O–H groups in total. The number of hydrogen-bond donors (Lipinski definition) is 0. The molecular weight excluding hydrogens is 558 g/mol. The zero-order chi connectivity index (χ0) is 30.9. The first-order valence-corrected chi connectivity index (χ1v) is 16.4. The van der Waals surface area contributed by atoms with Crippen LogP contribution in [-0.2, 0) is 34.0 Å². The molecule has 4 bridgehead atoms. The fourth-order valence-electron chi connectivity index (χ4n) is 7.48. The third-order valence-electron chi connectivity index (χ3n) is 9.73. The number of aromatic nitrogens is 2. The topological polar surface area (TPSA) is 56.5 Å². The van der Waals surface area contributed by atoms with Crippen LogP contribution in [0.15, 0.2) is 78.9 Å². The number of ether oxygens (including phenoxy) is 1. The second kappa shape index (κ2) is 12.5. The molecule has 4 heterocycles. The van der Waals surface area contributed by atoms with Crippen molar-refractivity contribution in [2.24, 2.45) is 0 Å². The molecule has 0 unspecified atom stereocenters. The number of rotatable bonds is 4. The van der Waals surface area contributed by atoms with Gasteiger partial charge in [0.25, 0.3) is 11.8 Å². The summed E-state index contributed by atoms with van der Waals surface area (Å²) < 4.78 is 10.7. The van der Waals surface area contributed by atoms with Crippen LogP contribution in [0.25, 0.3) is 33.0 Å². The van der Waals surface area contributed by atoms with Crippen LogP contribution in [0, 0.1) is 13.8 Å². The standard InChI is InChI=1S/C39H41N3O3/c1-27-34-30-19-11-13-21-32(30)40(27)23-15-6-4-3-5-7-16-24-41-28(2)35(31-20-12-14-22-33(31)41)37-36(34)38(43)42(39(37)44)26-45-25-29-17-9-8-10-18-29/h8-14,17-22H,3-7,15-16,23-26H2,1-2H3. The van der Waals surface area contributed by atoms with Crippen LogP contribution in [0.5, 0.6) is 0 Å². The first-order valence-electron chi connectivity index (χ1n) is 16.4. The van der Waals surface area contributed by atoms with Gasteiger partial charge in [-0.3, -0.25) is 9.59 Å². The third kappa shape index (κ3) is 5.21. The van der Waals surface area contributed by atoms with Crippen molar-refractivity contribution >= 4 is 44.8 Å². The number of nitrogens with zero attached hydrogens (tertiary/aromatic N) is 3. The molecule has 3 aromatic carbocycles. The van der Waals surface area contributed by atoms with E-state index in [-0.39, 0.29) is 18.5 Å². The second-order valence-corrected chi connectivity index (χ2v) is 12.5. The lowest BCUT2D eigenvalue weighted by Gasteiger charge is -2.16. The van der Waals surface area contributed by atoms with Crippen molar-refractivity contribution in [1.82, 2.24) is 14.0 Å². The highest BCUT2D eigenvalue weighted by Gasteiger charge is 2.43. The first kappa shape index (κ1) is 29.3. The number of amides is 2. The predicted molar refractivity (Wildman–Crippen MR) is 180 cm³/mol. The number of carbonyl (C=O) groups excluding carboxylic acids is 2. The molecule has 5 aromatic rings. The van der Waals surface area contributed by atoms with Crippen LogP contribution >= 0.6 is 0 Å². The van der Waals surface area contributed by atoms with E-state index in [1.54, 1.807) is 0 Å². The Morgan fingerprint density at radius 2 is 1.02 bits per heavy atom. The minimum atomic E-state index is -0.289. The van der Waals surface area contributed by atoms with Gasteiger partial charge in [-0.2, -0.15) is 0 Å². The van der Waals surface area contributed by atoms with Gasteiger partial charge in [-0.1, -0.05) is 98.8 Å². The SMILES string of the molecule is Cc1c2c3ccccc3n1CCCCCCCCCn1c(C)c(c3ccccc31)C1=C2C(=O)N(COCc2ccccc2)C1=O. The van der Waals surface area contributed by atoms with Crippen LogP contribution in [0.2, 0.25) is 0 Å². The lowest BCUT2D eigenvalue weighted by atomic mass is 9.93. The van der Waals surface area contributed by atoms with E-state index in [9.17, 15) is 9.59 Å². The van der Waals surface area contributed by atoms with Crippen LogP contribution < -0.4 is 0 Å². The van der Waals surface area contributed by atoms with Gasteiger partial charge in [0, 0.05) is 57.4 Å². The molecule has 2 amide bonds. The maximum Gasteiger partial charge on any atom is 0.264 e. The Bertz CT molecular complexity index is 1810. The zero-order valence-corrected chi connectivity index (χ0v) is 26.4. The molecule has 45 heavy (non-hydrogen) atoms. The molecule has 2 aliphatic rings. The summed E-state index contributed by atoms with van der Waals surface area (Å²) in [7, 11) is 0. The number of benzene rings is 3. The van der Waals surface area contributed by atoms with Gasteiger partial charge in [-0.15, -0.1) is 0 Å². The molecular formula is C39H41N3O3. The van der Waals surface area contributed by atoms with Crippen molar-refractivity contribution in [3.05, 3.63) is 107 Å². The lowest BCUT2D eigenvalue weighted by molar-refractivity contribution is -0.142. The van der Waals surface area contributed by atoms with Gasteiger partial charge in [0.05, 0.1) is 17.8 Å². The smallest absolute Gasteiger partial charge is 0.264 e. The fourth-order valence-corrected chi connectivity index (χ4v) is 7.48. The lowest BCUT2D eigenvalue weighted by Crippen LogP contribution is -2.33. The van der Waals surface area contributed by atoms with E-state index in [0.29, 0.717) is 17.8 Å². The summed E-state index contributed by atoms with van der Waals surface area (Å²) in [6.07, 6.45) is 8.27. The van der Waals surface area contributed by atoms with E-state index in [4.69, 9.17) is 4.74 Å². The predicted octanol–water partition coefficient (Wildman–Crippen LogP) is 8.41. The Morgan fingerprint density at radius 1 is 0.578 bits per heavy atom. The summed E-state index contributed by atoms with van der Waals surface area (Å²) in [5.41, 5.74) is 7.99. The number of carbonyl (C=O) groups is 2. The minimum Gasteiger partial charge on any atom is -0.356 e. The number of hydrogen-bond acceptors (Lipinski definition) is 3. The summed E-state index contributed by atoms with van der Waals surface area (Å²) in [4.78, 5) is 30.5. The number of imide groups is 1. The molecule has 0 saturated heterocycles. The number of aryl methyl sites for hydroxylation is 2.